The SMILES string of the molecule is CCOc1cc(C2[NH2+]Cc3cc(OCC)c(OCC)cc3-n3cccc32)ccc1O. The van der Waals surface area contributed by atoms with Gasteiger partial charge >= 0.3 is 0 Å². The lowest BCUT2D eigenvalue weighted by Gasteiger charge is -2.17. The predicted molar refractivity (Wildman–Crippen MR) is 115 cm³/mol. The Balaban J connectivity index is 1.79. The van der Waals surface area contributed by atoms with Crippen molar-refractivity contribution in [3.05, 3.63) is 65.5 Å². The van der Waals surface area contributed by atoms with Crippen molar-refractivity contribution in [3.8, 4) is 28.7 Å². The van der Waals surface area contributed by atoms with Crippen LogP contribution >= 0.6 is 0 Å². The predicted octanol–water partition coefficient (Wildman–Crippen LogP) is 3.55. The maximum Gasteiger partial charge on any atom is 0.163 e. The molecule has 6 nitrogen and oxygen atoms in total. The summed E-state index contributed by atoms with van der Waals surface area (Å²) in [6.07, 6.45) is 2.08. The molecule has 158 valence electrons. The van der Waals surface area contributed by atoms with Gasteiger partial charge in [0, 0.05) is 23.4 Å². The molecule has 0 amide bonds. The van der Waals surface area contributed by atoms with Gasteiger partial charge < -0.3 is 29.2 Å². The van der Waals surface area contributed by atoms with Gasteiger partial charge in [0.2, 0.25) is 0 Å². The number of hydrogen-bond acceptors (Lipinski definition) is 4. The van der Waals surface area contributed by atoms with Crippen LogP contribution in [-0.4, -0.2) is 29.5 Å². The summed E-state index contributed by atoms with van der Waals surface area (Å²) in [5.74, 6) is 2.22. The number of quaternary nitrogens is 1. The first-order valence-corrected chi connectivity index (χ1v) is 10.5. The van der Waals surface area contributed by atoms with E-state index in [2.05, 4.69) is 40.3 Å². The quantitative estimate of drug-likeness (QED) is 0.626. The molecule has 3 N–H and O–H groups in total. The van der Waals surface area contributed by atoms with Crippen LogP contribution in [0.5, 0.6) is 23.0 Å². The zero-order valence-corrected chi connectivity index (χ0v) is 17.7. The number of nitrogens with zero attached hydrogens (tertiary/aromatic N) is 1. The highest BCUT2D eigenvalue weighted by atomic mass is 16.5. The van der Waals surface area contributed by atoms with Gasteiger partial charge in [0.25, 0.3) is 0 Å². The van der Waals surface area contributed by atoms with E-state index in [9.17, 15) is 5.11 Å². The molecule has 1 aliphatic heterocycles. The standard InChI is InChI=1S/C24H28N2O4/c1-4-28-21-12-16(9-10-20(21)27)24-18-8-7-11-26(18)19-14-23(30-6-3)22(29-5-2)13-17(19)15-25-24/h7-14,24-25,27H,4-6,15H2,1-3H3/p+1. The molecule has 0 bridgehead atoms. The van der Waals surface area contributed by atoms with Gasteiger partial charge in [0.15, 0.2) is 29.0 Å². The first-order valence-electron chi connectivity index (χ1n) is 10.5. The lowest BCUT2D eigenvalue weighted by molar-refractivity contribution is -0.702. The van der Waals surface area contributed by atoms with E-state index in [1.54, 1.807) is 6.07 Å². The molecule has 1 unspecified atom stereocenters. The number of hydrogen-bond donors (Lipinski definition) is 2. The molecule has 0 saturated carbocycles. The van der Waals surface area contributed by atoms with Gasteiger partial charge in [-0.25, -0.2) is 0 Å². The minimum atomic E-state index is 0.0679. The van der Waals surface area contributed by atoms with Crippen LogP contribution in [0.15, 0.2) is 48.7 Å². The number of aromatic nitrogens is 1. The summed E-state index contributed by atoms with van der Waals surface area (Å²) >= 11 is 0. The van der Waals surface area contributed by atoms with Crippen molar-refractivity contribution >= 4 is 0 Å². The minimum absolute atomic E-state index is 0.0679. The van der Waals surface area contributed by atoms with Crippen LogP contribution in [0.25, 0.3) is 5.69 Å². The van der Waals surface area contributed by atoms with Gasteiger partial charge in [0.05, 0.1) is 31.2 Å². The lowest BCUT2D eigenvalue weighted by atomic mass is 10.0. The third kappa shape index (κ3) is 3.71. The fraction of sp³-hybridized carbons (Fsp3) is 0.333. The van der Waals surface area contributed by atoms with Crippen molar-refractivity contribution in [1.29, 1.82) is 0 Å². The number of rotatable bonds is 7. The number of phenols is 1. The number of phenolic OH excluding ortho intramolecular Hbond substituents is 1. The smallest absolute Gasteiger partial charge is 0.163 e. The summed E-state index contributed by atoms with van der Waals surface area (Å²) in [7, 11) is 0. The van der Waals surface area contributed by atoms with Gasteiger partial charge in [-0.15, -0.1) is 0 Å². The Morgan fingerprint density at radius 1 is 0.933 bits per heavy atom. The van der Waals surface area contributed by atoms with Crippen LogP contribution < -0.4 is 19.5 Å². The molecular weight excluding hydrogens is 380 g/mol. The van der Waals surface area contributed by atoms with Crippen molar-refractivity contribution in [3.63, 3.8) is 0 Å². The molecule has 0 fully saturated rings. The van der Waals surface area contributed by atoms with E-state index in [-0.39, 0.29) is 11.8 Å². The Morgan fingerprint density at radius 3 is 2.37 bits per heavy atom. The molecule has 2 aromatic carbocycles. The number of aromatic hydroxyl groups is 1. The molecule has 1 atom stereocenters. The molecule has 0 spiro atoms. The number of fused-ring (bicyclic) bond motifs is 3. The largest absolute Gasteiger partial charge is 0.504 e. The second-order valence-corrected chi connectivity index (χ2v) is 7.17. The van der Waals surface area contributed by atoms with E-state index in [4.69, 9.17) is 14.2 Å². The van der Waals surface area contributed by atoms with Crippen LogP contribution in [0.1, 0.15) is 43.6 Å². The van der Waals surface area contributed by atoms with Crippen LogP contribution in [-0.2, 0) is 6.54 Å². The van der Waals surface area contributed by atoms with E-state index in [1.165, 1.54) is 5.56 Å². The van der Waals surface area contributed by atoms with Crippen LogP contribution in [0.3, 0.4) is 0 Å². The van der Waals surface area contributed by atoms with E-state index in [0.29, 0.717) is 25.6 Å². The van der Waals surface area contributed by atoms with Crippen LogP contribution in [0, 0.1) is 0 Å². The zero-order valence-electron chi connectivity index (χ0n) is 17.7. The Bertz CT molecular complexity index is 1030. The molecule has 0 radical (unpaired) electrons. The Morgan fingerprint density at radius 2 is 1.63 bits per heavy atom. The molecule has 3 aromatic rings. The molecule has 2 heterocycles. The monoisotopic (exact) mass is 409 g/mol. The third-order valence-corrected chi connectivity index (χ3v) is 5.32. The Hall–Kier alpha value is -3.12. The van der Waals surface area contributed by atoms with Gasteiger partial charge in [-0.3, -0.25) is 0 Å². The summed E-state index contributed by atoms with van der Waals surface area (Å²) in [5.41, 5.74) is 4.53. The number of benzene rings is 2. The zero-order chi connectivity index (χ0) is 21.1. The van der Waals surface area contributed by atoms with Crippen molar-refractivity contribution in [2.75, 3.05) is 19.8 Å². The first-order chi connectivity index (χ1) is 14.7. The average Bonchev–Trinajstić information content (AvgIpc) is 3.16. The summed E-state index contributed by atoms with van der Waals surface area (Å²) in [6.45, 7) is 8.35. The van der Waals surface area contributed by atoms with E-state index >= 15 is 0 Å². The minimum Gasteiger partial charge on any atom is -0.504 e. The molecule has 4 rings (SSSR count). The normalized spacial score (nSPS) is 15.1. The summed E-state index contributed by atoms with van der Waals surface area (Å²) in [4.78, 5) is 0. The number of nitrogens with two attached hydrogens (primary N) is 1. The van der Waals surface area contributed by atoms with E-state index in [1.807, 2.05) is 32.9 Å². The Kier molecular flexibility index (Phi) is 5.86. The average molecular weight is 410 g/mol. The third-order valence-electron chi connectivity index (χ3n) is 5.32. The highest BCUT2D eigenvalue weighted by Gasteiger charge is 2.28. The molecule has 30 heavy (non-hydrogen) atoms. The first kappa shape index (κ1) is 20.2. The van der Waals surface area contributed by atoms with E-state index in [0.717, 1.165) is 35.0 Å². The van der Waals surface area contributed by atoms with Gasteiger partial charge in [-0.2, -0.15) is 0 Å². The Labute approximate surface area is 177 Å². The van der Waals surface area contributed by atoms with E-state index < -0.39 is 0 Å². The topological polar surface area (TPSA) is 69.5 Å². The highest BCUT2D eigenvalue weighted by Crippen LogP contribution is 2.37. The van der Waals surface area contributed by atoms with Gasteiger partial charge in [-0.1, -0.05) is 0 Å². The second kappa shape index (κ2) is 8.71. The van der Waals surface area contributed by atoms with Crippen molar-refractivity contribution in [1.82, 2.24) is 4.57 Å². The molecule has 0 aliphatic carbocycles. The summed E-state index contributed by atoms with van der Waals surface area (Å²) in [6, 6.07) is 14.0. The second-order valence-electron chi connectivity index (χ2n) is 7.17. The van der Waals surface area contributed by atoms with Gasteiger partial charge in [0.1, 0.15) is 6.54 Å². The summed E-state index contributed by atoms with van der Waals surface area (Å²) in [5, 5.41) is 12.4. The molecule has 1 aliphatic rings. The molecule has 1 aromatic heterocycles. The fourth-order valence-electron chi connectivity index (χ4n) is 4.05. The number of ether oxygens (including phenoxy) is 3. The summed E-state index contributed by atoms with van der Waals surface area (Å²) < 4.78 is 19.5. The molecule has 0 saturated heterocycles. The lowest BCUT2D eigenvalue weighted by Crippen LogP contribution is -2.83. The maximum atomic E-state index is 10.1. The fourth-order valence-corrected chi connectivity index (χ4v) is 4.05. The molecular formula is C24H29N2O4+. The van der Waals surface area contributed by atoms with Crippen LogP contribution in [0.4, 0.5) is 0 Å². The molecule has 6 heteroatoms. The van der Waals surface area contributed by atoms with Gasteiger partial charge in [-0.05, 0) is 57.2 Å². The van der Waals surface area contributed by atoms with Crippen molar-refractivity contribution < 1.29 is 24.6 Å². The van der Waals surface area contributed by atoms with Crippen molar-refractivity contribution in [2.45, 2.75) is 33.4 Å². The maximum absolute atomic E-state index is 10.1. The van der Waals surface area contributed by atoms with Crippen LogP contribution in [0.2, 0.25) is 0 Å². The highest BCUT2D eigenvalue weighted by molar-refractivity contribution is 5.56. The van der Waals surface area contributed by atoms with Crippen molar-refractivity contribution in [2.24, 2.45) is 0 Å².